The standard InChI is InChI=1S/C25H28N2O2/c1-17(23-8-4-6-19-5-2-3-7-24(19)23)27-22-14-11-20(15-22)18-9-12-21(13-10-18)26-16-25(28)29/h2-10,12-13,17,20,22,26-27H,11,14-16H2,1H3,(H,28,29)/t17-,20?,22?/m1/s1. The van der Waals surface area contributed by atoms with Crippen LogP contribution in [0.5, 0.6) is 0 Å². The Morgan fingerprint density at radius 1 is 1.03 bits per heavy atom. The van der Waals surface area contributed by atoms with Gasteiger partial charge >= 0.3 is 5.97 Å². The molecule has 0 spiro atoms. The maximum Gasteiger partial charge on any atom is 0.322 e. The van der Waals surface area contributed by atoms with E-state index in [9.17, 15) is 4.79 Å². The number of hydrogen-bond donors (Lipinski definition) is 3. The molecule has 4 nitrogen and oxygen atoms in total. The van der Waals surface area contributed by atoms with Crippen LogP contribution < -0.4 is 10.6 Å². The van der Waals surface area contributed by atoms with Gasteiger partial charge in [0.25, 0.3) is 0 Å². The van der Waals surface area contributed by atoms with Gasteiger partial charge in [0.1, 0.15) is 6.54 Å². The van der Waals surface area contributed by atoms with Crippen LogP contribution in [-0.2, 0) is 4.79 Å². The molecule has 0 aliphatic heterocycles. The lowest BCUT2D eigenvalue weighted by molar-refractivity contribution is -0.134. The highest BCUT2D eigenvalue weighted by atomic mass is 16.4. The number of carboxylic acids is 1. The van der Waals surface area contributed by atoms with Crippen LogP contribution >= 0.6 is 0 Å². The summed E-state index contributed by atoms with van der Waals surface area (Å²) in [6, 6.07) is 24.2. The topological polar surface area (TPSA) is 61.4 Å². The van der Waals surface area contributed by atoms with E-state index in [2.05, 4.69) is 72.2 Å². The largest absolute Gasteiger partial charge is 0.480 e. The monoisotopic (exact) mass is 388 g/mol. The number of benzene rings is 3. The average Bonchev–Trinajstić information content (AvgIpc) is 3.20. The third-order valence-electron chi connectivity index (χ3n) is 6.03. The molecule has 3 N–H and O–H groups in total. The lowest BCUT2D eigenvalue weighted by atomic mass is 9.96. The molecule has 3 aromatic carbocycles. The van der Waals surface area contributed by atoms with Crippen LogP contribution in [0.15, 0.2) is 66.7 Å². The molecule has 0 radical (unpaired) electrons. The van der Waals surface area contributed by atoms with Crippen molar-refractivity contribution in [3.05, 3.63) is 77.9 Å². The molecule has 1 fully saturated rings. The summed E-state index contributed by atoms with van der Waals surface area (Å²) in [4.78, 5) is 10.7. The van der Waals surface area contributed by atoms with Crippen molar-refractivity contribution in [1.82, 2.24) is 5.32 Å². The first-order chi connectivity index (χ1) is 14.1. The zero-order valence-electron chi connectivity index (χ0n) is 16.8. The number of fused-ring (bicyclic) bond motifs is 1. The van der Waals surface area contributed by atoms with Crippen molar-refractivity contribution < 1.29 is 9.90 Å². The Morgan fingerprint density at radius 2 is 1.79 bits per heavy atom. The van der Waals surface area contributed by atoms with Crippen molar-refractivity contribution in [2.45, 2.75) is 44.2 Å². The fraction of sp³-hybridized carbons (Fsp3) is 0.320. The summed E-state index contributed by atoms with van der Waals surface area (Å²) in [6.07, 6.45) is 3.50. The Balaban J connectivity index is 1.38. The minimum Gasteiger partial charge on any atom is -0.480 e. The van der Waals surface area contributed by atoms with Gasteiger partial charge in [-0.15, -0.1) is 0 Å². The number of hydrogen-bond acceptors (Lipinski definition) is 3. The number of aliphatic carboxylic acids is 1. The zero-order chi connectivity index (χ0) is 20.2. The predicted molar refractivity (Wildman–Crippen MR) is 118 cm³/mol. The summed E-state index contributed by atoms with van der Waals surface area (Å²) < 4.78 is 0. The van der Waals surface area contributed by atoms with Gasteiger partial charge < -0.3 is 15.7 Å². The smallest absolute Gasteiger partial charge is 0.322 e. The van der Waals surface area contributed by atoms with Gasteiger partial charge in [-0.1, -0.05) is 54.6 Å². The van der Waals surface area contributed by atoms with E-state index in [0.717, 1.165) is 12.1 Å². The molecule has 1 saturated carbocycles. The fourth-order valence-corrected chi connectivity index (χ4v) is 4.56. The van der Waals surface area contributed by atoms with E-state index in [4.69, 9.17) is 5.11 Å². The van der Waals surface area contributed by atoms with E-state index in [0.29, 0.717) is 18.0 Å². The molecule has 0 aromatic heterocycles. The number of nitrogens with one attached hydrogen (secondary N) is 2. The summed E-state index contributed by atoms with van der Waals surface area (Å²) >= 11 is 0. The van der Waals surface area contributed by atoms with Crippen LogP contribution in [0.3, 0.4) is 0 Å². The number of anilines is 1. The first kappa shape index (κ1) is 19.5. The second-order valence-corrected chi connectivity index (χ2v) is 8.03. The maximum atomic E-state index is 10.7. The lowest BCUT2D eigenvalue weighted by Crippen LogP contribution is -2.29. The van der Waals surface area contributed by atoms with Crippen molar-refractivity contribution in [2.75, 3.05) is 11.9 Å². The van der Waals surface area contributed by atoms with Crippen molar-refractivity contribution in [3.8, 4) is 0 Å². The van der Waals surface area contributed by atoms with E-state index in [1.165, 1.54) is 34.7 Å². The molecule has 4 rings (SSSR count). The highest BCUT2D eigenvalue weighted by Gasteiger charge is 2.27. The molecule has 0 saturated heterocycles. The Morgan fingerprint density at radius 3 is 2.59 bits per heavy atom. The average molecular weight is 389 g/mol. The molecule has 2 unspecified atom stereocenters. The molecule has 3 aromatic rings. The molecule has 3 atom stereocenters. The minimum absolute atomic E-state index is 0.0547. The van der Waals surface area contributed by atoms with E-state index in [-0.39, 0.29) is 6.54 Å². The van der Waals surface area contributed by atoms with Crippen LogP contribution in [0, 0.1) is 0 Å². The number of carboxylic acid groups (broad SMARTS) is 1. The number of rotatable bonds is 7. The van der Waals surface area contributed by atoms with Gasteiger partial charge in [-0.25, -0.2) is 0 Å². The summed E-state index contributed by atoms with van der Waals surface area (Å²) in [6.45, 7) is 2.21. The first-order valence-corrected chi connectivity index (χ1v) is 10.4. The van der Waals surface area contributed by atoms with Gasteiger partial charge in [-0.05, 0) is 66.1 Å². The first-order valence-electron chi connectivity index (χ1n) is 10.4. The van der Waals surface area contributed by atoms with Crippen molar-refractivity contribution in [3.63, 3.8) is 0 Å². The summed E-state index contributed by atoms with van der Waals surface area (Å²) in [5.41, 5.74) is 3.56. The zero-order valence-corrected chi connectivity index (χ0v) is 16.8. The van der Waals surface area contributed by atoms with Crippen molar-refractivity contribution in [2.24, 2.45) is 0 Å². The molecule has 150 valence electrons. The van der Waals surface area contributed by atoms with Gasteiger partial charge in [0.2, 0.25) is 0 Å². The van der Waals surface area contributed by atoms with Crippen LogP contribution in [0.1, 0.15) is 49.3 Å². The highest BCUT2D eigenvalue weighted by molar-refractivity contribution is 5.86. The van der Waals surface area contributed by atoms with Gasteiger partial charge in [0.15, 0.2) is 0 Å². The molecule has 0 heterocycles. The molecule has 0 bridgehead atoms. The van der Waals surface area contributed by atoms with Crippen LogP contribution in [0.2, 0.25) is 0 Å². The van der Waals surface area contributed by atoms with Crippen LogP contribution in [-0.4, -0.2) is 23.7 Å². The second kappa shape index (κ2) is 8.66. The fourth-order valence-electron chi connectivity index (χ4n) is 4.56. The SMILES string of the molecule is C[C@@H](NC1CCC(c2ccc(NCC(=O)O)cc2)C1)c1cccc2ccccc12. The van der Waals surface area contributed by atoms with Crippen molar-refractivity contribution in [1.29, 1.82) is 0 Å². The molecule has 0 amide bonds. The molecular weight excluding hydrogens is 360 g/mol. The Labute approximate surface area is 172 Å². The molecule has 29 heavy (non-hydrogen) atoms. The third-order valence-corrected chi connectivity index (χ3v) is 6.03. The molecule has 1 aliphatic rings. The molecular formula is C25H28N2O2. The van der Waals surface area contributed by atoms with E-state index in [1.54, 1.807) is 0 Å². The molecule has 4 heteroatoms. The molecule has 1 aliphatic carbocycles. The maximum absolute atomic E-state index is 10.7. The minimum atomic E-state index is -0.848. The van der Waals surface area contributed by atoms with E-state index in [1.807, 2.05) is 12.1 Å². The second-order valence-electron chi connectivity index (χ2n) is 8.03. The summed E-state index contributed by atoms with van der Waals surface area (Å²) in [7, 11) is 0. The summed E-state index contributed by atoms with van der Waals surface area (Å²) in [5.74, 6) is -0.292. The van der Waals surface area contributed by atoms with Gasteiger partial charge in [-0.3, -0.25) is 4.79 Å². The lowest BCUT2D eigenvalue weighted by Gasteiger charge is -2.21. The van der Waals surface area contributed by atoms with Crippen LogP contribution in [0.4, 0.5) is 5.69 Å². The summed E-state index contributed by atoms with van der Waals surface area (Å²) in [5, 5.41) is 18.2. The Bertz CT molecular complexity index is 978. The van der Waals surface area contributed by atoms with Gasteiger partial charge in [0, 0.05) is 17.8 Å². The third kappa shape index (κ3) is 4.60. The van der Waals surface area contributed by atoms with Gasteiger partial charge in [-0.2, -0.15) is 0 Å². The predicted octanol–water partition coefficient (Wildman–Crippen LogP) is 5.32. The Hall–Kier alpha value is -2.85. The van der Waals surface area contributed by atoms with Crippen molar-refractivity contribution >= 4 is 22.4 Å². The van der Waals surface area contributed by atoms with E-state index < -0.39 is 5.97 Å². The Kier molecular flexibility index (Phi) is 5.81. The normalized spacial score (nSPS) is 19.9. The van der Waals surface area contributed by atoms with E-state index >= 15 is 0 Å². The number of carbonyl (C=O) groups is 1. The highest BCUT2D eigenvalue weighted by Crippen LogP contribution is 2.36. The quantitative estimate of drug-likeness (QED) is 0.512. The van der Waals surface area contributed by atoms with Gasteiger partial charge in [0.05, 0.1) is 0 Å². The van der Waals surface area contributed by atoms with Crippen LogP contribution in [0.25, 0.3) is 10.8 Å².